The lowest BCUT2D eigenvalue weighted by atomic mass is 9.95. The van der Waals surface area contributed by atoms with Crippen LogP contribution in [-0.4, -0.2) is 27.1 Å². The van der Waals surface area contributed by atoms with Gasteiger partial charge in [0.15, 0.2) is 0 Å². The van der Waals surface area contributed by atoms with Crippen LogP contribution in [0.5, 0.6) is 5.75 Å². The second kappa shape index (κ2) is 8.48. The Bertz CT molecular complexity index is 1180. The molecule has 0 spiro atoms. The molecule has 30 heavy (non-hydrogen) atoms. The van der Waals surface area contributed by atoms with Crippen molar-refractivity contribution in [3.8, 4) is 16.9 Å². The molecule has 3 rings (SSSR count). The summed E-state index contributed by atoms with van der Waals surface area (Å²) in [5, 5.41) is 18.8. The second-order valence-electron chi connectivity index (χ2n) is 6.14. The summed E-state index contributed by atoms with van der Waals surface area (Å²) in [6.07, 6.45) is 0. The molecule has 0 unspecified atom stereocenters. The first-order valence-electron chi connectivity index (χ1n) is 8.39. The first kappa shape index (κ1) is 21.2. The monoisotopic (exact) mass is 448 g/mol. The predicted molar refractivity (Wildman–Crippen MR) is 112 cm³/mol. The lowest BCUT2D eigenvalue weighted by Crippen LogP contribution is -2.24. The van der Waals surface area contributed by atoms with E-state index in [9.17, 15) is 24.6 Å². The number of anilines is 1. The molecule has 0 saturated heterocycles. The van der Waals surface area contributed by atoms with E-state index in [0.717, 1.165) is 5.56 Å². The number of hydrogen-bond acceptors (Lipinski definition) is 5. The van der Waals surface area contributed by atoms with Crippen LogP contribution in [0, 0.1) is 0 Å². The number of rotatable bonds is 6. The van der Waals surface area contributed by atoms with Gasteiger partial charge < -0.3 is 25.7 Å². The number of aromatic carboxylic acids is 2. The molecule has 0 bridgehead atoms. The summed E-state index contributed by atoms with van der Waals surface area (Å²) in [5.41, 5.74) is 3.32. The number of H-pyrrole nitrogens is 1. The molecule has 0 amide bonds. The van der Waals surface area contributed by atoms with Crippen LogP contribution in [0.1, 0.15) is 26.3 Å². The molecule has 0 saturated carbocycles. The number of nitrogens with two attached hydrogens (primary N) is 1. The summed E-state index contributed by atoms with van der Waals surface area (Å²) >= 11 is 12.6. The number of nitrogens with one attached hydrogen (secondary N) is 1. The van der Waals surface area contributed by atoms with Gasteiger partial charge in [0, 0.05) is 11.1 Å². The summed E-state index contributed by atoms with van der Waals surface area (Å²) in [5.74, 6) is -3.48. The van der Waals surface area contributed by atoms with Crippen molar-refractivity contribution in [1.82, 2.24) is 4.98 Å². The van der Waals surface area contributed by atoms with E-state index >= 15 is 0 Å². The molecule has 5 N–H and O–H groups in total. The van der Waals surface area contributed by atoms with Crippen LogP contribution in [0.4, 0.5) is 5.82 Å². The number of hydrogen-bond donors (Lipinski definition) is 4. The summed E-state index contributed by atoms with van der Waals surface area (Å²) in [7, 11) is 0. The zero-order valence-electron chi connectivity index (χ0n) is 15.1. The normalized spacial score (nSPS) is 10.6. The molecule has 2 aromatic carbocycles. The highest BCUT2D eigenvalue weighted by molar-refractivity contribution is 6.40. The number of pyridine rings is 1. The van der Waals surface area contributed by atoms with Gasteiger partial charge in [0.25, 0.3) is 5.56 Å². The van der Waals surface area contributed by atoms with Gasteiger partial charge in [0.2, 0.25) is 0 Å². The van der Waals surface area contributed by atoms with Gasteiger partial charge in [0.1, 0.15) is 29.3 Å². The van der Waals surface area contributed by atoms with E-state index in [2.05, 4.69) is 0 Å². The lowest BCUT2D eigenvalue weighted by molar-refractivity contribution is 0.0695. The van der Waals surface area contributed by atoms with E-state index in [4.69, 9.17) is 33.7 Å². The van der Waals surface area contributed by atoms with Crippen LogP contribution in [0.15, 0.2) is 47.3 Å². The predicted octanol–water partition coefficient (Wildman–Crippen LogP) is 3.91. The molecule has 0 fully saturated rings. The average Bonchev–Trinajstić information content (AvgIpc) is 2.65. The molecule has 3 aromatic rings. The minimum Gasteiger partial charge on any atom is -0.489 e. The van der Waals surface area contributed by atoms with Crippen LogP contribution >= 0.6 is 23.2 Å². The van der Waals surface area contributed by atoms with E-state index in [1.165, 1.54) is 12.1 Å². The topological polar surface area (TPSA) is 143 Å². The van der Waals surface area contributed by atoms with Gasteiger partial charge >= 0.3 is 11.9 Å². The van der Waals surface area contributed by atoms with Crippen LogP contribution in [0.25, 0.3) is 11.1 Å². The SMILES string of the molecule is Nc1[nH]c(=O)c(C(=O)O)c(-c2c(Cl)cc(OCc3ccccc3)cc2Cl)c1C(=O)O. The van der Waals surface area contributed by atoms with Crippen molar-refractivity contribution in [2.75, 3.05) is 5.73 Å². The second-order valence-corrected chi connectivity index (χ2v) is 6.95. The zero-order valence-corrected chi connectivity index (χ0v) is 16.6. The van der Waals surface area contributed by atoms with Crippen molar-refractivity contribution in [1.29, 1.82) is 0 Å². The van der Waals surface area contributed by atoms with Gasteiger partial charge in [0.05, 0.1) is 10.0 Å². The molecule has 154 valence electrons. The highest BCUT2D eigenvalue weighted by Gasteiger charge is 2.29. The fraction of sp³-hybridized carbons (Fsp3) is 0.0500. The Balaban J connectivity index is 2.16. The molecule has 1 aromatic heterocycles. The third-order valence-corrected chi connectivity index (χ3v) is 4.78. The summed E-state index contributed by atoms with van der Waals surface area (Å²) in [4.78, 5) is 37.6. The third kappa shape index (κ3) is 4.10. The molecule has 1 heterocycles. The summed E-state index contributed by atoms with van der Waals surface area (Å²) < 4.78 is 5.65. The third-order valence-electron chi connectivity index (χ3n) is 4.19. The number of carbonyl (C=O) groups is 2. The maximum Gasteiger partial charge on any atom is 0.342 e. The number of halogens is 2. The van der Waals surface area contributed by atoms with Gasteiger partial charge in [-0.05, 0) is 17.7 Å². The van der Waals surface area contributed by atoms with Crippen molar-refractivity contribution in [3.63, 3.8) is 0 Å². The number of carboxylic acids is 2. The van der Waals surface area contributed by atoms with Crippen molar-refractivity contribution in [2.24, 2.45) is 0 Å². The smallest absolute Gasteiger partial charge is 0.342 e. The summed E-state index contributed by atoms with van der Waals surface area (Å²) in [6.45, 7) is 0.214. The molecular formula is C20H14Cl2N2O6. The lowest BCUT2D eigenvalue weighted by Gasteiger charge is -2.16. The Hall–Kier alpha value is -3.49. The Labute approximate surface area is 179 Å². The number of nitrogen functional groups attached to an aromatic ring is 1. The van der Waals surface area contributed by atoms with Gasteiger partial charge in [-0.25, -0.2) is 9.59 Å². The number of aromatic amines is 1. The quantitative estimate of drug-likeness (QED) is 0.447. The fourth-order valence-corrected chi connectivity index (χ4v) is 3.57. The Kier molecular flexibility index (Phi) is 6.00. The van der Waals surface area contributed by atoms with E-state index in [1.807, 2.05) is 35.3 Å². The standard InChI is InChI=1S/C20H14Cl2N2O6/c21-11-6-10(30-8-9-4-2-1-3-5-9)7-12(22)13(11)14-15(19(26)27)17(23)24-18(25)16(14)20(28)29/h1-7H,8H2,(H,26,27)(H,28,29)(H3,23,24,25). The van der Waals surface area contributed by atoms with Crippen molar-refractivity contribution in [3.05, 3.63) is 79.6 Å². The van der Waals surface area contributed by atoms with Gasteiger partial charge in [-0.15, -0.1) is 0 Å². The first-order valence-corrected chi connectivity index (χ1v) is 9.14. The van der Waals surface area contributed by atoms with Crippen LogP contribution in [0.3, 0.4) is 0 Å². The molecule has 0 aliphatic carbocycles. The molecule has 0 aliphatic heterocycles. The largest absolute Gasteiger partial charge is 0.489 e. The van der Waals surface area contributed by atoms with Crippen LogP contribution in [0.2, 0.25) is 10.0 Å². The Morgan fingerprint density at radius 3 is 2.07 bits per heavy atom. The van der Waals surface area contributed by atoms with E-state index < -0.39 is 40.0 Å². The number of aromatic nitrogens is 1. The molecule has 0 atom stereocenters. The molecule has 0 radical (unpaired) electrons. The van der Waals surface area contributed by atoms with E-state index in [-0.39, 0.29) is 28.0 Å². The Morgan fingerprint density at radius 1 is 0.967 bits per heavy atom. The minimum atomic E-state index is -1.66. The molecule has 10 heteroatoms. The van der Waals surface area contributed by atoms with Crippen LogP contribution < -0.4 is 16.0 Å². The Morgan fingerprint density at radius 2 is 1.53 bits per heavy atom. The van der Waals surface area contributed by atoms with Crippen LogP contribution in [-0.2, 0) is 6.61 Å². The first-order chi connectivity index (χ1) is 14.2. The van der Waals surface area contributed by atoms with Crippen molar-refractivity contribution >= 4 is 41.0 Å². The highest BCUT2D eigenvalue weighted by atomic mass is 35.5. The van der Waals surface area contributed by atoms with Crippen molar-refractivity contribution in [2.45, 2.75) is 6.61 Å². The van der Waals surface area contributed by atoms with Gasteiger partial charge in [-0.2, -0.15) is 0 Å². The highest BCUT2D eigenvalue weighted by Crippen LogP contribution is 2.41. The van der Waals surface area contributed by atoms with Crippen molar-refractivity contribution < 1.29 is 24.5 Å². The zero-order chi connectivity index (χ0) is 22.0. The maximum absolute atomic E-state index is 12.2. The van der Waals surface area contributed by atoms with E-state index in [0.29, 0.717) is 0 Å². The van der Waals surface area contributed by atoms with E-state index in [1.54, 1.807) is 0 Å². The average molecular weight is 449 g/mol. The molecule has 8 nitrogen and oxygen atoms in total. The number of benzene rings is 2. The minimum absolute atomic E-state index is 0.111. The summed E-state index contributed by atoms with van der Waals surface area (Å²) in [6, 6.07) is 12.0. The number of carboxylic acid groups (broad SMARTS) is 2. The molecular weight excluding hydrogens is 435 g/mol. The maximum atomic E-state index is 12.2. The molecule has 0 aliphatic rings. The fourth-order valence-electron chi connectivity index (χ4n) is 2.91. The van der Waals surface area contributed by atoms with Gasteiger partial charge in [-0.3, -0.25) is 4.79 Å². The van der Waals surface area contributed by atoms with Gasteiger partial charge in [-0.1, -0.05) is 53.5 Å². The number of ether oxygens (including phenoxy) is 1.